The van der Waals surface area contributed by atoms with Crippen LogP contribution >= 0.6 is 0 Å². The van der Waals surface area contributed by atoms with Crippen LogP contribution in [0.25, 0.3) is 0 Å². The topological polar surface area (TPSA) is 60.7 Å². The minimum Gasteiger partial charge on any atom is -0.508 e. The number of hydrogen-bond acceptors (Lipinski definition) is 3. The van der Waals surface area contributed by atoms with E-state index >= 15 is 0 Å². The molecule has 0 atom stereocenters. The van der Waals surface area contributed by atoms with Crippen LogP contribution in [-0.2, 0) is 6.42 Å². The Bertz CT molecular complexity index is 432. The molecule has 0 spiro atoms. The Morgan fingerprint density at radius 1 is 0.765 bits per heavy atom. The van der Waals surface area contributed by atoms with E-state index in [0.29, 0.717) is 5.75 Å². The highest BCUT2D eigenvalue weighted by Crippen LogP contribution is 2.14. The molecule has 0 amide bonds. The van der Waals surface area contributed by atoms with Crippen LogP contribution in [0.4, 0.5) is 0 Å². The predicted octanol–water partition coefficient (Wildman–Crippen LogP) is 3.05. The molecular formula is C14H16O3. The number of benzene rings is 2. The zero-order valence-electron chi connectivity index (χ0n) is 9.67. The molecule has 3 nitrogen and oxygen atoms in total. The number of aromatic hydroxyl groups is 3. The Hall–Kier alpha value is -2.16. The van der Waals surface area contributed by atoms with Crippen LogP contribution < -0.4 is 0 Å². The Morgan fingerprint density at radius 3 is 1.65 bits per heavy atom. The highest BCUT2D eigenvalue weighted by molar-refractivity contribution is 5.30. The zero-order valence-corrected chi connectivity index (χ0v) is 9.67. The second-order valence-corrected chi connectivity index (χ2v) is 3.54. The monoisotopic (exact) mass is 232 g/mol. The summed E-state index contributed by atoms with van der Waals surface area (Å²) in [5.74, 6) is 0.516. The summed E-state index contributed by atoms with van der Waals surface area (Å²) in [4.78, 5) is 0. The van der Waals surface area contributed by atoms with Crippen molar-refractivity contribution in [3.8, 4) is 17.2 Å². The fourth-order valence-electron chi connectivity index (χ4n) is 1.22. The molecule has 0 aliphatic carbocycles. The third-order valence-corrected chi connectivity index (χ3v) is 2.17. The van der Waals surface area contributed by atoms with E-state index in [9.17, 15) is 0 Å². The van der Waals surface area contributed by atoms with Gasteiger partial charge in [0.15, 0.2) is 0 Å². The number of phenols is 3. The number of rotatable bonds is 1. The molecule has 90 valence electrons. The van der Waals surface area contributed by atoms with E-state index < -0.39 is 0 Å². The third-order valence-electron chi connectivity index (χ3n) is 2.17. The highest BCUT2D eigenvalue weighted by Gasteiger charge is 1.86. The van der Waals surface area contributed by atoms with Crippen molar-refractivity contribution in [2.24, 2.45) is 0 Å². The fraction of sp³-hybridized carbons (Fsp3) is 0.143. The van der Waals surface area contributed by atoms with Crippen LogP contribution in [-0.4, -0.2) is 15.3 Å². The van der Waals surface area contributed by atoms with Gasteiger partial charge in [0.1, 0.15) is 17.2 Å². The SMILES string of the molecule is CCc1ccc(O)cc1.Oc1cccc(O)c1. The van der Waals surface area contributed by atoms with Crippen molar-refractivity contribution in [2.45, 2.75) is 13.3 Å². The molecule has 3 heteroatoms. The van der Waals surface area contributed by atoms with E-state index in [1.807, 2.05) is 12.1 Å². The molecule has 0 fully saturated rings. The summed E-state index contributed by atoms with van der Waals surface area (Å²) in [6.45, 7) is 2.09. The van der Waals surface area contributed by atoms with E-state index in [2.05, 4.69) is 6.92 Å². The van der Waals surface area contributed by atoms with Crippen molar-refractivity contribution in [1.82, 2.24) is 0 Å². The van der Waals surface area contributed by atoms with Gasteiger partial charge in [0.25, 0.3) is 0 Å². The minimum atomic E-state index is 0.0880. The van der Waals surface area contributed by atoms with Crippen molar-refractivity contribution in [3.05, 3.63) is 54.1 Å². The van der Waals surface area contributed by atoms with Crippen molar-refractivity contribution in [1.29, 1.82) is 0 Å². The standard InChI is InChI=1S/C8H10O.C6H6O2/c1-2-7-3-5-8(9)6-4-7;7-5-2-1-3-6(8)4-5/h3-6,9H,2H2,1H3;1-4,7-8H. The normalized spacial score (nSPS) is 9.24. The molecule has 0 aliphatic heterocycles. The summed E-state index contributed by atoms with van der Waals surface area (Å²) in [5, 5.41) is 26.2. The van der Waals surface area contributed by atoms with Gasteiger partial charge in [-0.3, -0.25) is 0 Å². The summed E-state index contributed by atoms with van der Waals surface area (Å²) in [5.41, 5.74) is 1.26. The smallest absolute Gasteiger partial charge is 0.119 e. The largest absolute Gasteiger partial charge is 0.508 e. The Labute approximate surface area is 101 Å². The third kappa shape index (κ3) is 4.93. The molecule has 0 bridgehead atoms. The summed E-state index contributed by atoms with van der Waals surface area (Å²) >= 11 is 0. The molecule has 3 N–H and O–H groups in total. The first-order chi connectivity index (χ1) is 8.11. The molecule has 0 heterocycles. The molecule has 0 aromatic heterocycles. The maximum absolute atomic E-state index is 8.85. The van der Waals surface area contributed by atoms with Crippen molar-refractivity contribution in [2.75, 3.05) is 0 Å². The lowest BCUT2D eigenvalue weighted by atomic mass is 10.2. The van der Waals surface area contributed by atoms with Gasteiger partial charge in [-0.1, -0.05) is 25.1 Å². The number of aryl methyl sites for hydroxylation is 1. The molecule has 0 aliphatic rings. The molecule has 2 rings (SSSR count). The lowest BCUT2D eigenvalue weighted by Crippen LogP contribution is -1.75. The van der Waals surface area contributed by atoms with Crippen molar-refractivity contribution in [3.63, 3.8) is 0 Å². The van der Waals surface area contributed by atoms with Crippen molar-refractivity contribution < 1.29 is 15.3 Å². The molecule has 0 saturated heterocycles. The van der Waals surface area contributed by atoms with Crippen molar-refractivity contribution >= 4 is 0 Å². The average molecular weight is 232 g/mol. The minimum absolute atomic E-state index is 0.0880. The second kappa shape index (κ2) is 6.43. The van der Waals surface area contributed by atoms with Gasteiger partial charge in [0, 0.05) is 6.07 Å². The molecular weight excluding hydrogens is 216 g/mol. The van der Waals surface area contributed by atoms with Gasteiger partial charge < -0.3 is 15.3 Å². The van der Waals surface area contributed by atoms with Gasteiger partial charge in [0.2, 0.25) is 0 Å². The number of hydrogen-bond donors (Lipinski definition) is 3. The molecule has 0 unspecified atom stereocenters. The van der Waals surface area contributed by atoms with Crippen LogP contribution in [0.5, 0.6) is 17.2 Å². The maximum atomic E-state index is 8.85. The Balaban J connectivity index is 0.000000171. The van der Waals surface area contributed by atoms with Gasteiger partial charge in [-0.25, -0.2) is 0 Å². The summed E-state index contributed by atoms with van der Waals surface area (Å²) in [6, 6.07) is 13.1. The van der Waals surface area contributed by atoms with Crippen LogP contribution in [0.15, 0.2) is 48.5 Å². The van der Waals surface area contributed by atoms with E-state index in [0.717, 1.165) is 6.42 Å². The van der Waals surface area contributed by atoms with Crippen LogP contribution in [0.1, 0.15) is 12.5 Å². The lowest BCUT2D eigenvalue weighted by Gasteiger charge is -1.93. The summed E-state index contributed by atoms with van der Waals surface area (Å²) in [7, 11) is 0. The summed E-state index contributed by atoms with van der Waals surface area (Å²) in [6.07, 6.45) is 1.03. The highest BCUT2D eigenvalue weighted by atomic mass is 16.3. The van der Waals surface area contributed by atoms with E-state index in [-0.39, 0.29) is 11.5 Å². The molecule has 0 saturated carbocycles. The zero-order chi connectivity index (χ0) is 12.7. The predicted molar refractivity (Wildman–Crippen MR) is 67.3 cm³/mol. The van der Waals surface area contributed by atoms with E-state index in [1.165, 1.54) is 23.8 Å². The quantitative estimate of drug-likeness (QED) is 0.708. The average Bonchev–Trinajstić information content (AvgIpc) is 2.30. The molecule has 0 radical (unpaired) electrons. The fourth-order valence-corrected chi connectivity index (χ4v) is 1.22. The van der Waals surface area contributed by atoms with Gasteiger partial charge in [-0.05, 0) is 36.2 Å². The van der Waals surface area contributed by atoms with Crippen LogP contribution in [0.2, 0.25) is 0 Å². The molecule has 2 aromatic carbocycles. The van der Waals surface area contributed by atoms with E-state index in [1.54, 1.807) is 18.2 Å². The Morgan fingerprint density at radius 2 is 1.29 bits per heavy atom. The molecule has 2 aromatic rings. The lowest BCUT2D eigenvalue weighted by molar-refractivity contribution is 0.450. The van der Waals surface area contributed by atoms with Gasteiger partial charge in [0.05, 0.1) is 0 Å². The molecule has 17 heavy (non-hydrogen) atoms. The first-order valence-corrected chi connectivity index (χ1v) is 5.37. The first kappa shape index (κ1) is 12.9. The van der Waals surface area contributed by atoms with Gasteiger partial charge >= 0.3 is 0 Å². The number of phenolic OH excluding ortho intramolecular Hbond substituents is 3. The maximum Gasteiger partial charge on any atom is 0.119 e. The summed E-state index contributed by atoms with van der Waals surface area (Å²) < 4.78 is 0. The second-order valence-electron chi connectivity index (χ2n) is 3.54. The van der Waals surface area contributed by atoms with Crippen LogP contribution in [0, 0.1) is 0 Å². The first-order valence-electron chi connectivity index (χ1n) is 5.37. The van der Waals surface area contributed by atoms with Gasteiger partial charge in [-0.15, -0.1) is 0 Å². The Kier molecular flexibility index (Phi) is 4.88. The van der Waals surface area contributed by atoms with Crippen LogP contribution in [0.3, 0.4) is 0 Å². The van der Waals surface area contributed by atoms with E-state index in [4.69, 9.17) is 15.3 Å². The van der Waals surface area contributed by atoms with Gasteiger partial charge in [-0.2, -0.15) is 0 Å².